The zero-order valence-corrected chi connectivity index (χ0v) is 16.8. The number of carbonyl (C=O) groups excluding carboxylic acids is 1. The molecule has 0 radical (unpaired) electrons. The van der Waals surface area contributed by atoms with Crippen LogP contribution in [-0.2, 0) is 24.0 Å². The van der Waals surface area contributed by atoms with E-state index < -0.39 is 0 Å². The van der Waals surface area contributed by atoms with Crippen LogP contribution in [0.2, 0.25) is 0 Å². The molecule has 0 bridgehead atoms. The summed E-state index contributed by atoms with van der Waals surface area (Å²) in [6.45, 7) is 6.45. The molecule has 1 saturated heterocycles. The van der Waals surface area contributed by atoms with Crippen LogP contribution in [0.15, 0.2) is 18.5 Å². The molecule has 0 N–H and O–H groups in total. The maximum Gasteiger partial charge on any atom is 0.169 e. The van der Waals surface area contributed by atoms with Crippen molar-refractivity contribution in [2.45, 2.75) is 58.4 Å². The number of carbonyl (C=O) groups is 1. The molecule has 1 fully saturated rings. The lowest BCUT2D eigenvalue weighted by Crippen LogP contribution is -2.38. The number of nitrogens with zero attached hydrogens (tertiary/aromatic N) is 4. The van der Waals surface area contributed by atoms with Gasteiger partial charge in [-0.2, -0.15) is 0 Å². The smallest absolute Gasteiger partial charge is 0.169 e. The van der Waals surface area contributed by atoms with Gasteiger partial charge in [0.05, 0.1) is 31.0 Å². The molecule has 28 heavy (non-hydrogen) atoms. The Morgan fingerprint density at radius 2 is 2.07 bits per heavy atom. The molecular weight excluding hydrogens is 352 g/mol. The summed E-state index contributed by atoms with van der Waals surface area (Å²) in [5.41, 5.74) is 4.42. The molecule has 2 aliphatic heterocycles. The normalized spacial score (nSPS) is 19.8. The summed E-state index contributed by atoms with van der Waals surface area (Å²) in [6.07, 6.45) is 8.77. The minimum atomic E-state index is 0.0876. The molecule has 0 spiro atoms. The standard InChI is InChI=1S/C22H28N4O2/c1-15-13-24-17(14-23-15)11-21(27)19-12-22(26-8-4-3-5-16(26)2)25-20-7-10-28-9-6-18(19)20/h12-14,16H,3-11H2,1-2H3/t16-/m1/s1. The number of fused-ring (bicyclic) bond motifs is 1. The van der Waals surface area contributed by atoms with Gasteiger partial charge in [-0.05, 0) is 51.2 Å². The third-order valence-corrected chi connectivity index (χ3v) is 5.75. The molecule has 2 aliphatic rings. The Kier molecular flexibility index (Phi) is 5.67. The van der Waals surface area contributed by atoms with Crippen LogP contribution >= 0.6 is 0 Å². The molecule has 0 aromatic carbocycles. The quantitative estimate of drug-likeness (QED) is 0.759. The molecule has 1 atom stereocenters. The van der Waals surface area contributed by atoms with Gasteiger partial charge in [-0.3, -0.25) is 14.8 Å². The molecule has 4 heterocycles. The average Bonchev–Trinajstić information content (AvgIpc) is 2.95. The number of Topliss-reactive ketones (excluding diaryl/α,β-unsaturated/α-hetero) is 1. The predicted octanol–water partition coefficient (Wildman–Crippen LogP) is 3.10. The minimum Gasteiger partial charge on any atom is -0.381 e. The Balaban J connectivity index is 1.70. The Bertz CT molecular complexity index is 850. The van der Waals surface area contributed by atoms with Crippen molar-refractivity contribution >= 4 is 11.6 Å². The number of aryl methyl sites for hydroxylation is 1. The maximum absolute atomic E-state index is 13.2. The van der Waals surface area contributed by atoms with Crippen molar-refractivity contribution in [2.24, 2.45) is 0 Å². The van der Waals surface area contributed by atoms with Crippen LogP contribution in [0.4, 0.5) is 5.82 Å². The van der Waals surface area contributed by atoms with E-state index in [1.807, 2.05) is 13.0 Å². The van der Waals surface area contributed by atoms with Crippen LogP contribution < -0.4 is 4.90 Å². The number of hydrogen-bond donors (Lipinski definition) is 0. The average molecular weight is 380 g/mol. The van der Waals surface area contributed by atoms with Gasteiger partial charge in [0.15, 0.2) is 5.78 Å². The molecule has 4 rings (SSSR count). The first-order valence-electron chi connectivity index (χ1n) is 10.3. The van der Waals surface area contributed by atoms with E-state index in [1.54, 1.807) is 12.4 Å². The Morgan fingerprint density at radius 1 is 1.21 bits per heavy atom. The Hall–Kier alpha value is -2.34. The van der Waals surface area contributed by atoms with Crippen LogP contribution in [0.25, 0.3) is 0 Å². The largest absolute Gasteiger partial charge is 0.381 e. The SMILES string of the molecule is Cc1cnc(CC(=O)c2cc(N3CCCC[C@H]3C)nc3c2CCOCC3)cn1. The Labute approximate surface area is 166 Å². The lowest BCUT2D eigenvalue weighted by atomic mass is 9.95. The number of ketones is 1. The van der Waals surface area contributed by atoms with Gasteiger partial charge in [-0.25, -0.2) is 4.98 Å². The van der Waals surface area contributed by atoms with Crippen molar-refractivity contribution in [2.75, 3.05) is 24.7 Å². The van der Waals surface area contributed by atoms with Gasteiger partial charge in [0, 0.05) is 42.7 Å². The van der Waals surface area contributed by atoms with E-state index in [2.05, 4.69) is 21.8 Å². The number of ether oxygens (including phenoxy) is 1. The maximum atomic E-state index is 13.2. The van der Waals surface area contributed by atoms with E-state index in [-0.39, 0.29) is 12.2 Å². The van der Waals surface area contributed by atoms with Gasteiger partial charge >= 0.3 is 0 Å². The fourth-order valence-corrected chi connectivity index (χ4v) is 4.15. The molecule has 6 nitrogen and oxygen atoms in total. The number of rotatable bonds is 4. The van der Waals surface area contributed by atoms with Gasteiger partial charge < -0.3 is 9.64 Å². The third-order valence-electron chi connectivity index (χ3n) is 5.75. The van der Waals surface area contributed by atoms with Crippen molar-refractivity contribution in [3.63, 3.8) is 0 Å². The topological polar surface area (TPSA) is 68.2 Å². The van der Waals surface area contributed by atoms with Crippen molar-refractivity contribution in [1.82, 2.24) is 15.0 Å². The second-order valence-corrected chi connectivity index (χ2v) is 7.85. The highest BCUT2D eigenvalue weighted by molar-refractivity contribution is 5.99. The summed E-state index contributed by atoms with van der Waals surface area (Å²) in [7, 11) is 0. The molecule has 0 amide bonds. The summed E-state index contributed by atoms with van der Waals surface area (Å²) < 4.78 is 5.66. The van der Waals surface area contributed by atoms with Crippen LogP contribution in [0.3, 0.4) is 0 Å². The van der Waals surface area contributed by atoms with E-state index in [1.165, 1.54) is 19.3 Å². The minimum absolute atomic E-state index is 0.0876. The van der Waals surface area contributed by atoms with E-state index in [0.717, 1.165) is 47.7 Å². The van der Waals surface area contributed by atoms with E-state index >= 15 is 0 Å². The van der Waals surface area contributed by atoms with Gasteiger partial charge in [-0.1, -0.05) is 0 Å². The van der Waals surface area contributed by atoms with Gasteiger partial charge in [0.2, 0.25) is 0 Å². The summed E-state index contributed by atoms with van der Waals surface area (Å²) in [6, 6.07) is 2.46. The zero-order valence-electron chi connectivity index (χ0n) is 16.8. The summed E-state index contributed by atoms with van der Waals surface area (Å²) in [4.78, 5) is 29.2. The summed E-state index contributed by atoms with van der Waals surface area (Å²) >= 11 is 0. The third kappa shape index (κ3) is 4.07. The van der Waals surface area contributed by atoms with Gasteiger partial charge in [0.25, 0.3) is 0 Å². The number of pyridine rings is 1. The second kappa shape index (κ2) is 8.35. The first-order valence-corrected chi connectivity index (χ1v) is 10.3. The lowest BCUT2D eigenvalue weighted by molar-refractivity contribution is 0.0990. The van der Waals surface area contributed by atoms with Crippen molar-refractivity contribution in [3.8, 4) is 0 Å². The van der Waals surface area contributed by atoms with Gasteiger partial charge in [-0.15, -0.1) is 0 Å². The number of hydrogen-bond acceptors (Lipinski definition) is 6. The van der Waals surface area contributed by atoms with Crippen molar-refractivity contribution in [1.29, 1.82) is 0 Å². The molecule has 148 valence electrons. The predicted molar refractivity (Wildman–Crippen MR) is 108 cm³/mol. The summed E-state index contributed by atoms with van der Waals surface area (Å²) in [5.74, 6) is 1.02. The number of anilines is 1. The lowest BCUT2D eigenvalue weighted by Gasteiger charge is -2.35. The number of aromatic nitrogens is 3. The number of piperidine rings is 1. The first kappa shape index (κ1) is 19.0. The highest BCUT2D eigenvalue weighted by atomic mass is 16.5. The van der Waals surface area contributed by atoms with E-state index in [9.17, 15) is 4.79 Å². The van der Waals surface area contributed by atoms with Gasteiger partial charge in [0.1, 0.15) is 5.82 Å². The highest BCUT2D eigenvalue weighted by Gasteiger charge is 2.25. The fraction of sp³-hybridized carbons (Fsp3) is 0.545. The van der Waals surface area contributed by atoms with Crippen molar-refractivity contribution in [3.05, 3.63) is 46.7 Å². The Morgan fingerprint density at radius 3 is 2.86 bits per heavy atom. The fourth-order valence-electron chi connectivity index (χ4n) is 4.15. The van der Waals surface area contributed by atoms with Crippen LogP contribution in [0.5, 0.6) is 0 Å². The van der Waals surface area contributed by atoms with Crippen LogP contribution in [0, 0.1) is 6.92 Å². The monoisotopic (exact) mass is 380 g/mol. The summed E-state index contributed by atoms with van der Waals surface area (Å²) in [5, 5.41) is 0. The van der Waals surface area contributed by atoms with Crippen molar-refractivity contribution < 1.29 is 9.53 Å². The molecule has 2 aromatic rings. The van der Waals surface area contributed by atoms with Crippen LogP contribution in [-0.4, -0.2) is 46.5 Å². The van der Waals surface area contributed by atoms with E-state index in [0.29, 0.717) is 24.9 Å². The molecule has 2 aromatic heterocycles. The molecule has 0 saturated carbocycles. The highest BCUT2D eigenvalue weighted by Crippen LogP contribution is 2.28. The van der Waals surface area contributed by atoms with E-state index in [4.69, 9.17) is 9.72 Å². The molecule has 0 unspecified atom stereocenters. The molecule has 6 heteroatoms. The zero-order chi connectivity index (χ0) is 19.5. The van der Waals surface area contributed by atoms with Crippen LogP contribution in [0.1, 0.15) is 59.2 Å². The first-order chi connectivity index (χ1) is 13.6. The molecule has 0 aliphatic carbocycles. The second-order valence-electron chi connectivity index (χ2n) is 7.85. The molecular formula is C22H28N4O2.